The molecule has 11 heteroatoms. The number of alkyl halides is 3. The Morgan fingerprint density at radius 1 is 1.06 bits per heavy atom. The Morgan fingerprint density at radius 2 is 1.94 bits per heavy atom. The van der Waals surface area contributed by atoms with Gasteiger partial charge in [-0.15, -0.1) is 11.3 Å². The molecule has 0 saturated heterocycles. The zero-order valence-corrected chi connectivity index (χ0v) is 17.0. The van der Waals surface area contributed by atoms with E-state index in [0.29, 0.717) is 36.0 Å². The van der Waals surface area contributed by atoms with Crippen molar-refractivity contribution in [1.82, 2.24) is 19.9 Å². The number of aryl methyl sites for hydroxylation is 1. The Labute approximate surface area is 178 Å². The van der Waals surface area contributed by atoms with Gasteiger partial charge in [0.05, 0.1) is 17.6 Å². The van der Waals surface area contributed by atoms with Crippen LogP contribution in [0.4, 0.5) is 19.0 Å². The normalized spacial score (nSPS) is 11.5. The van der Waals surface area contributed by atoms with Crippen LogP contribution in [0.2, 0.25) is 0 Å². The molecule has 0 amide bonds. The zero-order chi connectivity index (χ0) is 21.8. The van der Waals surface area contributed by atoms with Crippen molar-refractivity contribution in [3.63, 3.8) is 0 Å². The van der Waals surface area contributed by atoms with Crippen molar-refractivity contribution in [2.75, 3.05) is 18.5 Å². The van der Waals surface area contributed by atoms with Crippen LogP contribution in [0.3, 0.4) is 0 Å². The van der Waals surface area contributed by atoms with Gasteiger partial charge < -0.3 is 14.8 Å². The number of thiazole rings is 1. The molecule has 1 N–H and O–H groups in total. The van der Waals surface area contributed by atoms with Gasteiger partial charge in [0, 0.05) is 12.3 Å². The average molecular weight is 447 g/mol. The van der Waals surface area contributed by atoms with Gasteiger partial charge in [-0.25, -0.2) is 19.9 Å². The van der Waals surface area contributed by atoms with Gasteiger partial charge in [0.15, 0.2) is 5.82 Å². The predicted molar refractivity (Wildman–Crippen MR) is 110 cm³/mol. The average Bonchev–Trinajstić information content (AvgIpc) is 3.22. The molecule has 0 radical (unpaired) electrons. The molecule has 0 unspecified atom stereocenters. The van der Waals surface area contributed by atoms with E-state index in [0.717, 1.165) is 28.7 Å². The van der Waals surface area contributed by atoms with Gasteiger partial charge in [0.1, 0.15) is 34.8 Å². The van der Waals surface area contributed by atoms with Crippen LogP contribution in [0.25, 0.3) is 10.3 Å². The van der Waals surface area contributed by atoms with Crippen molar-refractivity contribution in [1.29, 1.82) is 0 Å². The minimum absolute atomic E-state index is 0.134. The molecule has 4 rings (SSSR count). The molecule has 3 heterocycles. The summed E-state index contributed by atoms with van der Waals surface area (Å²) in [5.74, 6) is 1.50. The topological polar surface area (TPSA) is 82.0 Å². The summed E-state index contributed by atoms with van der Waals surface area (Å²) in [5.41, 5.74) is 2.38. The van der Waals surface area contributed by atoms with Crippen molar-refractivity contribution in [2.24, 2.45) is 0 Å². The van der Waals surface area contributed by atoms with Crippen molar-refractivity contribution >= 4 is 27.5 Å². The molecule has 0 atom stereocenters. The van der Waals surface area contributed by atoms with Crippen LogP contribution in [-0.2, 0) is 6.18 Å². The first-order chi connectivity index (χ1) is 14.9. The molecule has 0 bridgehead atoms. The number of nitrogens with zero attached hydrogens (tertiary/aromatic N) is 4. The van der Waals surface area contributed by atoms with E-state index in [2.05, 4.69) is 25.3 Å². The van der Waals surface area contributed by atoms with Gasteiger partial charge in [-0.05, 0) is 36.8 Å². The predicted octanol–water partition coefficient (Wildman–Crippen LogP) is 5.09. The standard InChI is InChI=1S/C20H16F3N5O2S/c1-12-8-14(30-16-9-13(4-5-24-16)20(21,22)23)2-3-15(12)29-7-6-25-18-17-19(27-10-26-18)31-11-28-17/h2-5,8-11H,6-7H2,1H3,(H,25,26,27). The summed E-state index contributed by atoms with van der Waals surface area (Å²) in [4.78, 5) is 17.2. The SMILES string of the molecule is Cc1cc(Oc2cc(C(F)(F)F)ccn2)ccc1OCCNc1ncnc2scnc12. The minimum Gasteiger partial charge on any atom is -0.491 e. The number of anilines is 1. The second-order valence-corrected chi connectivity index (χ2v) is 7.25. The molecule has 160 valence electrons. The molecule has 0 aliphatic rings. The summed E-state index contributed by atoms with van der Waals surface area (Å²) in [6, 6.07) is 6.73. The summed E-state index contributed by atoms with van der Waals surface area (Å²) in [6.07, 6.45) is -1.92. The summed E-state index contributed by atoms with van der Waals surface area (Å²) in [6.45, 7) is 2.68. The molecule has 3 aromatic heterocycles. The molecule has 1 aromatic carbocycles. The quantitative estimate of drug-likeness (QED) is 0.395. The number of aromatic nitrogens is 4. The van der Waals surface area contributed by atoms with Crippen LogP contribution >= 0.6 is 11.3 Å². The zero-order valence-electron chi connectivity index (χ0n) is 16.2. The third kappa shape index (κ3) is 5.00. The van der Waals surface area contributed by atoms with E-state index in [9.17, 15) is 13.2 Å². The number of hydrogen-bond acceptors (Lipinski definition) is 8. The number of fused-ring (bicyclic) bond motifs is 1. The van der Waals surface area contributed by atoms with Crippen LogP contribution in [0.1, 0.15) is 11.1 Å². The molecule has 0 spiro atoms. The Kier molecular flexibility index (Phi) is 5.85. The molecule has 0 saturated carbocycles. The highest BCUT2D eigenvalue weighted by Gasteiger charge is 2.31. The first kappa shape index (κ1) is 20.8. The van der Waals surface area contributed by atoms with E-state index in [-0.39, 0.29) is 5.88 Å². The summed E-state index contributed by atoms with van der Waals surface area (Å²) in [5, 5.41) is 3.17. The number of pyridine rings is 1. The first-order valence-electron chi connectivity index (χ1n) is 9.13. The van der Waals surface area contributed by atoms with Gasteiger partial charge in [-0.2, -0.15) is 13.2 Å². The lowest BCUT2D eigenvalue weighted by atomic mass is 10.2. The summed E-state index contributed by atoms with van der Waals surface area (Å²) < 4.78 is 49.7. The monoisotopic (exact) mass is 447 g/mol. The van der Waals surface area contributed by atoms with Crippen LogP contribution in [0, 0.1) is 6.92 Å². The Bertz CT molecular complexity index is 1200. The molecule has 0 aliphatic heterocycles. The van der Waals surface area contributed by atoms with E-state index >= 15 is 0 Å². The maximum atomic E-state index is 12.8. The van der Waals surface area contributed by atoms with Gasteiger partial charge >= 0.3 is 6.18 Å². The third-order valence-corrected chi connectivity index (χ3v) is 4.95. The highest BCUT2D eigenvalue weighted by atomic mass is 32.1. The van der Waals surface area contributed by atoms with E-state index in [1.165, 1.54) is 17.7 Å². The summed E-state index contributed by atoms with van der Waals surface area (Å²) in [7, 11) is 0. The van der Waals surface area contributed by atoms with E-state index < -0.39 is 11.7 Å². The van der Waals surface area contributed by atoms with Crippen molar-refractivity contribution in [3.05, 3.63) is 59.5 Å². The van der Waals surface area contributed by atoms with E-state index in [4.69, 9.17) is 9.47 Å². The van der Waals surface area contributed by atoms with Crippen molar-refractivity contribution in [3.8, 4) is 17.4 Å². The van der Waals surface area contributed by atoms with Gasteiger partial charge in [-0.1, -0.05) is 0 Å². The molecule has 0 aliphatic carbocycles. The van der Waals surface area contributed by atoms with Gasteiger partial charge in [-0.3, -0.25) is 0 Å². The summed E-state index contributed by atoms with van der Waals surface area (Å²) >= 11 is 1.44. The van der Waals surface area contributed by atoms with Crippen molar-refractivity contribution < 1.29 is 22.6 Å². The highest BCUT2D eigenvalue weighted by Crippen LogP contribution is 2.32. The molecule has 0 fully saturated rings. The molecule has 7 nitrogen and oxygen atoms in total. The highest BCUT2D eigenvalue weighted by molar-refractivity contribution is 7.16. The molecular weight excluding hydrogens is 431 g/mol. The minimum atomic E-state index is -4.46. The maximum absolute atomic E-state index is 12.8. The fourth-order valence-electron chi connectivity index (χ4n) is 2.76. The van der Waals surface area contributed by atoms with Crippen LogP contribution in [0.15, 0.2) is 48.4 Å². The third-order valence-electron chi connectivity index (χ3n) is 4.22. The van der Waals surface area contributed by atoms with Crippen molar-refractivity contribution in [2.45, 2.75) is 13.1 Å². The number of ether oxygens (including phenoxy) is 2. The van der Waals surface area contributed by atoms with E-state index in [1.54, 1.807) is 23.7 Å². The maximum Gasteiger partial charge on any atom is 0.416 e. The largest absolute Gasteiger partial charge is 0.491 e. The Hall–Kier alpha value is -3.47. The van der Waals surface area contributed by atoms with E-state index in [1.807, 2.05) is 6.92 Å². The second kappa shape index (κ2) is 8.72. The lowest BCUT2D eigenvalue weighted by Gasteiger charge is -2.12. The fourth-order valence-corrected chi connectivity index (χ4v) is 3.39. The van der Waals surface area contributed by atoms with Crippen LogP contribution in [-0.4, -0.2) is 33.1 Å². The number of halogens is 3. The van der Waals surface area contributed by atoms with Gasteiger partial charge in [0.2, 0.25) is 5.88 Å². The Morgan fingerprint density at radius 3 is 2.74 bits per heavy atom. The smallest absolute Gasteiger partial charge is 0.416 e. The number of hydrogen-bond donors (Lipinski definition) is 1. The lowest BCUT2D eigenvalue weighted by molar-refractivity contribution is -0.137. The van der Waals surface area contributed by atoms with Crippen LogP contribution < -0.4 is 14.8 Å². The molecule has 4 aromatic rings. The number of nitrogens with one attached hydrogen (secondary N) is 1. The van der Waals surface area contributed by atoms with Crippen LogP contribution in [0.5, 0.6) is 17.4 Å². The lowest BCUT2D eigenvalue weighted by Crippen LogP contribution is -2.13. The molecular formula is C20H16F3N5O2S. The molecule has 31 heavy (non-hydrogen) atoms. The number of benzene rings is 1. The second-order valence-electron chi connectivity index (χ2n) is 6.41. The first-order valence-corrected chi connectivity index (χ1v) is 10.0. The number of rotatable bonds is 7. The van der Waals surface area contributed by atoms with Gasteiger partial charge in [0.25, 0.3) is 0 Å². The Balaban J connectivity index is 1.34. The fraction of sp³-hybridized carbons (Fsp3) is 0.200.